The van der Waals surface area contributed by atoms with Gasteiger partial charge in [-0.15, -0.1) is 0 Å². The van der Waals surface area contributed by atoms with Crippen LogP contribution in [-0.2, 0) is 0 Å². The van der Waals surface area contributed by atoms with Gasteiger partial charge in [0.05, 0.1) is 21.1 Å². The maximum absolute atomic E-state index is 12.2. The van der Waals surface area contributed by atoms with Gasteiger partial charge in [0.2, 0.25) is 0 Å². The van der Waals surface area contributed by atoms with Crippen molar-refractivity contribution in [1.29, 1.82) is 0 Å². The first kappa shape index (κ1) is 13.8. The number of nitro benzene ring substituents is 1. The predicted octanol–water partition coefficient (Wildman–Crippen LogP) is 1.85. The van der Waals surface area contributed by atoms with Crippen molar-refractivity contribution in [3.05, 3.63) is 38.9 Å². The van der Waals surface area contributed by atoms with Crippen LogP contribution in [-0.4, -0.2) is 39.5 Å². The third-order valence-corrected chi connectivity index (χ3v) is 3.45. The van der Waals surface area contributed by atoms with Crippen LogP contribution in [0.4, 0.5) is 5.69 Å². The van der Waals surface area contributed by atoms with E-state index in [-0.39, 0.29) is 28.7 Å². The van der Waals surface area contributed by atoms with Gasteiger partial charge in [0.1, 0.15) is 0 Å². The number of hydrogen-bond acceptors (Lipinski definition) is 4. The van der Waals surface area contributed by atoms with Crippen molar-refractivity contribution in [2.45, 2.75) is 18.9 Å². The average Bonchev–Trinajstić information content (AvgIpc) is 2.68. The van der Waals surface area contributed by atoms with Crippen molar-refractivity contribution >= 4 is 23.2 Å². The summed E-state index contributed by atoms with van der Waals surface area (Å²) in [6, 6.07) is 3.74. The van der Waals surface area contributed by atoms with Gasteiger partial charge in [-0.3, -0.25) is 14.9 Å². The van der Waals surface area contributed by atoms with Crippen molar-refractivity contribution in [3.63, 3.8) is 0 Å². The Balaban J connectivity index is 2.23. The van der Waals surface area contributed by atoms with E-state index < -0.39 is 10.5 Å². The summed E-state index contributed by atoms with van der Waals surface area (Å²) in [5.41, 5.74) is -0.831. The van der Waals surface area contributed by atoms with Gasteiger partial charge in [-0.1, -0.05) is 11.6 Å². The number of carbonyl (C=O) groups is 1. The molecule has 1 N–H and O–H groups in total. The van der Waals surface area contributed by atoms with E-state index in [0.717, 1.165) is 6.07 Å². The first-order valence-corrected chi connectivity index (χ1v) is 6.13. The number of hydrogen-bond donors (Lipinski definition) is 1. The van der Waals surface area contributed by atoms with Crippen LogP contribution in [0.1, 0.15) is 23.7 Å². The second kappa shape index (κ2) is 4.79. The summed E-state index contributed by atoms with van der Waals surface area (Å²) in [4.78, 5) is 23.7. The number of β-amino-alcohol motifs (C(OH)–C–C–N with tert-alkyl or cyclic N) is 1. The lowest BCUT2D eigenvalue weighted by molar-refractivity contribution is -0.384. The van der Waals surface area contributed by atoms with Crippen LogP contribution in [0, 0.1) is 10.1 Å². The zero-order valence-electron chi connectivity index (χ0n) is 10.3. The van der Waals surface area contributed by atoms with Crippen LogP contribution in [0.3, 0.4) is 0 Å². The molecule has 1 aliphatic rings. The van der Waals surface area contributed by atoms with Gasteiger partial charge < -0.3 is 10.0 Å². The van der Waals surface area contributed by atoms with Gasteiger partial charge in [0.25, 0.3) is 11.6 Å². The highest BCUT2D eigenvalue weighted by Crippen LogP contribution is 2.27. The normalized spacial score (nSPS) is 22.6. The highest BCUT2D eigenvalue weighted by molar-refractivity contribution is 6.34. The Morgan fingerprint density at radius 3 is 2.74 bits per heavy atom. The number of nitrogens with zero attached hydrogens (tertiary/aromatic N) is 2. The van der Waals surface area contributed by atoms with Gasteiger partial charge in [-0.2, -0.15) is 0 Å². The molecule has 1 amide bonds. The molecule has 1 unspecified atom stereocenters. The van der Waals surface area contributed by atoms with E-state index in [9.17, 15) is 20.0 Å². The summed E-state index contributed by atoms with van der Waals surface area (Å²) in [5.74, 6) is -0.322. The van der Waals surface area contributed by atoms with Gasteiger partial charge >= 0.3 is 0 Å². The molecule has 1 atom stereocenters. The first-order chi connectivity index (χ1) is 8.80. The molecule has 1 aromatic rings. The number of halogens is 1. The van der Waals surface area contributed by atoms with Crippen LogP contribution in [0.25, 0.3) is 0 Å². The molecule has 6 nitrogen and oxygen atoms in total. The molecule has 0 saturated carbocycles. The fourth-order valence-electron chi connectivity index (χ4n) is 2.08. The van der Waals surface area contributed by atoms with E-state index >= 15 is 0 Å². The molecular weight excluding hydrogens is 272 g/mol. The third-order valence-electron chi connectivity index (χ3n) is 3.13. The lowest BCUT2D eigenvalue weighted by atomic mass is 10.1. The quantitative estimate of drug-likeness (QED) is 0.663. The van der Waals surface area contributed by atoms with E-state index in [1.807, 2.05) is 0 Å². The minimum atomic E-state index is -0.886. The number of benzene rings is 1. The first-order valence-electron chi connectivity index (χ1n) is 5.76. The molecule has 19 heavy (non-hydrogen) atoms. The molecule has 0 bridgehead atoms. The van der Waals surface area contributed by atoms with E-state index in [1.165, 1.54) is 17.0 Å². The number of amides is 1. The maximum Gasteiger partial charge on any atom is 0.270 e. The number of nitro groups is 1. The van der Waals surface area contributed by atoms with Crippen LogP contribution in [0.2, 0.25) is 5.02 Å². The van der Waals surface area contributed by atoms with Crippen molar-refractivity contribution < 1.29 is 14.8 Å². The molecule has 7 heteroatoms. The lowest BCUT2D eigenvalue weighted by Crippen LogP contribution is -2.34. The molecule has 2 rings (SSSR count). The molecule has 1 saturated heterocycles. The minimum Gasteiger partial charge on any atom is -0.388 e. The van der Waals surface area contributed by atoms with Crippen molar-refractivity contribution in [2.24, 2.45) is 0 Å². The van der Waals surface area contributed by atoms with Crippen molar-refractivity contribution in [3.8, 4) is 0 Å². The number of carbonyl (C=O) groups excluding carboxylic acids is 1. The number of likely N-dealkylation sites (tertiary alicyclic amines) is 1. The summed E-state index contributed by atoms with van der Waals surface area (Å²) >= 11 is 5.90. The standard InChI is InChI=1S/C12H13ClN2O4/c1-12(17)4-5-14(7-12)11(16)9-3-2-8(15(18)19)6-10(9)13/h2-3,6,17H,4-5,7H2,1H3. The van der Waals surface area contributed by atoms with E-state index in [0.29, 0.717) is 13.0 Å². The SMILES string of the molecule is CC1(O)CCN(C(=O)c2ccc([N+](=O)[O-])cc2Cl)C1. The Morgan fingerprint density at radius 2 is 2.26 bits per heavy atom. The fraction of sp³-hybridized carbons (Fsp3) is 0.417. The van der Waals surface area contributed by atoms with E-state index in [1.54, 1.807) is 6.92 Å². The summed E-state index contributed by atoms with van der Waals surface area (Å²) in [6.07, 6.45) is 0.503. The topological polar surface area (TPSA) is 83.7 Å². The Kier molecular flexibility index (Phi) is 3.47. The lowest BCUT2D eigenvalue weighted by Gasteiger charge is -2.19. The Labute approximate surface area is 114 Å². The number of aliphatic hydroxyl groups is 1. The van der Waals surface area contributed by atoms with Crippen LogP contribution >= 0.6 is 11.6 Å². The Morgan fingerprint density at radius 1 is 1.58 bits per heavy atom. The maximum atomic E-state index is 12.2. The third kappa shape index (κ3) is 2.85. The molecule has 1 heterocycles. The Bertz CT molecular complexity index is 545. The molecule has 0 aromatic heterocycles. The summed E-state index contributed by atoms with van der Waals surface area (Å²) in [7, 11) is 0. The molecule has 0 radical (unpaired) electrons. The van der Waals surface area contributed by atoms with Crippen LogP contribution < -0.4 is 0 Å². The monoisotopic (exact) mass is 284 g/mol. The average molecular weight is 285 g/mol. The van der Waals surface area contributed by atoms with E-state index in [4.69, 9.17) is 11.6 Å². The van der Waals surface area contributed by atoms with Gasteiger partial charge in [0, 0.05) is 25.2 Å². The van der Waals surface area contributed by atoms with Gasteiger partial charge in [0.15, 0.2) is 0 Å². The molecule has 0 aliphatic carbocycles. The van der Waals surface area contributed by atoms with E-state index in [2.05, 4.69) is 0 Å². The second-order valence-corrected chi connectivity index (χ2v) is 5.30. The highest BCUT2D eigenvalue weighted by atomic mass is 35.5. The van der Waals surface area contributed by atoms with Crippen LogP contribution in [0.15, 0.2) is 18.2 Å². The molecular formula is C12H13ClN2O4. The number of non-ortho nitro benzene ring substituents is 1. The summed E-state index contributed by atoms with van der Waals surface area (Å²) in [5, 5.41) is 20.5. The Hall–Kier alpha value is -1.66. The smallest absolute Gasteiger partial charge is 0.270 e. The summed E-state index contributed by atoms with van der Waals surface area (Å²) < 4.78 is 0. The van der Waals surface area contributed by atoms with Gasteiger partial charge in [-0.05, 0) is 19.4 Å². The molecule has 1 aliphatic heterocycles. The molecule has 1 fully saturated rings. The molecule has 102 valence electrons. The largest absolute Gasteiger partial charge is 0.388 e. The van der Waals surface area contributed by atoms with Crippen LogP contribution in [0.5, 0.6) is 0 Å². The highest BCUT2D eigenvalue weighted by Gasteiger charge is 2.35. The van der Waals surface area contributed by atoms with Gasteiger partial charge in [-0.25, -0.2) is 0 Å². The predicted molar refractivity (Wildman–Crippen MR) is 69.3 cm³/mol. The van der Waals surface area contributed by atoms with Crippen molar-refractivity contribution in [2.75, 3.05) is 13.1 Å². The minimum absolute atomic E-state index is 0.0470. The second-order valence-electron chi connectivity index (χ2n) is 4.89. The molecule has 0 spiro atoms. The fourth-order valence-corrected chi connectivity index (χ4v) is 2.34. The number of rotatable bonds is 2. The molecule has 1 aromatic carbocycles. The van der Waals surface area contributed by atoms with Crippen molar-refractivity contribution in [1.82, 2.24) is 4.90 Å². The zero-order valence-corrected chi connectivity index (χ0v) is 11.1. The zero-order chi connectivity index (χ0) is 14.2. The summed E-state index contributed by atoms with van der Waals surface area (Å²) in [6.45, 7) is 2.34.